The lowest BCUT2D eigenvalue weighted by molar-refractivity contribution is 0.355. The van der Waals surface area contributed by atoms with E-state index in [1.54, 1.807) is 26.4 Å². The molecule has 0 aliphatic carbocycles. The number of anilines is 1. The van der Waals surface area contributed by atoms with E-state index in [9.17, 15) is 0 Å². The maximum atomic E-state index is 6.49. The summed E-state index contributed by atoms with van der Waals surface area (Å²) in [5.74, 6) is 2.35. The van der Waals surface area contributed by atoms with Crippen molar-refractivity contribution in [1.29, 1.82) is 0 Å². The second kappa shape index (κ2) is 9.25. The zero-order valence-corrected chi connectivity index (χ0v) is 19.8. The topological polar surface area (TPSA) is 68.9 Å². The van der Waals surface area contributed by atoms with Crippen molar-refractivity contribution in [3.05, 3.63) is 88.2 Å². The fourth-order valence-electron chi connectivity index (χ4n) is 3.67. The molecule has 34 heavy (non-hydrogen) atoms. The summed E-state index contributed by atoms with van der Waals surface area (Å²) in [7, 11) is 3.17. The lowest BCUT2D eigenvalue weighted by atomic mass is 10.1. The molecule has 2 aromatic heterocycles. The minimum absolute atomic E-state index is 0.380. The molecule has 8 heteroatoms. The molecule has 0 saturated heterocycles. The van der Waals surface area contributed by atoms with Gasteiger partial charge in [0.1, 0.15) is 11.6 Å². The number of nitrogens with one attached hydrogen (secondary N) is 1. The summed E-state index contributed by atoms with van der Waals surface area (Å²) in [6.07, 6.45) is 0. The van der Waals surface area contributed by atoms with Crippen LogP contribution in [-0.4, -0.2) is 19.2 Å². The lowest BCUT2D eigenvalue weighted by Gasteiger charge is -2.11. The lowest BCUT2D eigenvalue weighted by Crippen LogP contribution is -2.08. The number of halogens is 2. The Bertz CT molecular complexity index is 1600. The number of para-hydroxylation sites is 1. The first-order chi connectivity index (χ1) is 16.6. The van der Waals surface area contributed by atoms with Gasteiger partial charge in [-0.25, -0.2) is 4.98 Å². The predicted octanol–water partition coefficient (Wildman–Crippen LogP) is 6.90. The van der Waals surface area contributed by atoms with Crippen LogP contribution in [0, 0.1) is 0 Å². The number of aromatic nitrogens is 1. The van der Waals surface area contributed by atoms with Crippen LogP contribution < -0.4 is 20.3 Å². The SMILES string of the molecule is COc1ccc(-c2cc(=NNc3ccc4ccccc4n3)c3cc(Cl)cc(Cl)c3o2)cc1OC. The number of hydrogen-bond donors (Lipinski definition) is 1. The van der Waals surface area contributed by atoms with Gasteiger partial charge >= 0.3 is 0 Å². The molecule has 0 bridgehead atoms. The second-order valence-corrected chi connectivity index (χ2v) is 8.29. The van der Waals surface area contributed by atoms with Gasteiger partial charge < -0.3 is 13.9 Å². The van der Waals surface area contributed by atoms with E-state index < -0.39 is 0 Å². The van der Waals surface area contributed by atoms with Crippen molar-refractivity contribution in [2.75, 3.05) is 19.6 Å². The van der Waals surface area contributed by atoms with Crippen molar-refractivity contribution in [1.82, 2.24) is 4.98 Å². The van der Waals surface area contributed by atoms with Gasteiger partial charge in [-0.15, -0.1) is 0 Å². The van der Waals surface area contributed by atoms with Crippen LogP contribution in [0.15, 0.2) is 82.3 Å². The van der Waals surface area contributed by atoms with Gasteiger partial charge in [-0.3, -0.25) is 5.43 Å². The molecule has 5 aromatic rings. The van der Waals surface area contributed by atoms with Crippen LogP contribution in [-0.2, 0) is 0 Å². The number of benzene rings is 3. The van der Waals surface area contributed by atoms with E-state index in [1.807, 2.05) is 60.7 Å². The summed E-state index contributed by atoms with van der Waals surface area (Å²) in [4.78, 5) is 4.62. The summed E-state index contributed by atoms with van der Waals surface area (Å²) in [5, 5.41) is 7.77. The normalized spacial score (nSPS) is 11.7. The quantitative estimate of drug-likeness (QED) is 0.270. The molecule has 170 valence electrons. The van der Waals surface area contributed by atoms with Crippen LogP contribution >= 0.6 is 23.2 Å². The van der Waals surface area contributed by atoms with Crippen LogP contribution in [0.25, 0.3) is 33.2 Å². The maximum absolute atomic E-state index is 6.49. The molecule has 0 aliphatic heterocycles. The van der Waals surface area contributed by atoms with Crippen molar-refractivity contribution in [3.8, 4) is 22.8 Å². The Hall–Kier alpha value is -3.74. The Morgan fingerprint density at radius 2 is 1.71 bits per heavy atom. The zero-order valence-electron chi connectivity index (χ0n) is 18.3. The Kier molecular flexibility index (Phi) is 6.01. The second-order valence-electron chi connectivity index (χ2n) is 7.44. The highest BCUT2D eigenvalue weighted by Crippen LogP contribution is 2.34. The molecule has 2 heterocycles. The first-order valence-electron chi connectivity index (χ1n) is 10.4. The summed E-state index contributed by atoms with van der Waals surface area (Å²) < 4.78 is 17.0. The number of pyridine rings is 1. The van der Waals surface area contributed by atoms with Crippen molar-refractivity contribution < 1.29 is 13.9 Å². The van der Waals surface area contributed by atoms with Gasteiger partial charge in [0.2, 0.25) is 0 Å². The highest BCUT2D eigenvalue weighted by Gasteiger charge is 2.13. The summed E-state index contributed by atoms with van der Waals surface area (Å²) >= 11 is 12.8. The van der Waals surface area contributed by atoms with Gasteiger partial charge in [-0.05, 0) is 48.5 Å². The van der Waals surface area contributed by atoms with Crippen molar-refractivity contribution in [3.63, 3.8) is 0 Å². The average Bonchev–Trinajstić information content (AvgIpc) is 2.86. The van der Waals surface area contributed by atoms with Crippen LogP contribution in [0.5, 0.6) is 11.5 Å². The minimum atomic E-state index is 0.380. The van der Waals surface area contributed by atoms with E-state index in [0.717, 1.165) is 16.5 Å². The summed E-state index contributed by atoms with van der Waals surface area (Å²) in [6.45, 7) is 0. The van der Waals surface area contributed by atoms with E-state index in [0.29, 0.717) is 49.4 Å². The van der Waals surface area contributed by atoms with Crippen molar-refractivity contribution in [2.24, 2.45) is 5.10 Å². The molecule has 5 rings (SSSR count). The first-order valence-corrected chi connectivity index (χ1v) is 11.1. The van der Waals surface area contributed by atoms with Gasteiger partial charge in [0.25, 0.3) is 0 Å². The maximum Gasteiger partial charge on any atom is 0.161 e. The molecule has 0 saturated carbocycles. The molecule has 6 nitrogen and oxygen atoms in total. The smallest absolute Gasteiger partial charge is 0.161 e. The van der Waals surface area contributed by atoms with E-state index >= 15 is 0 Å². The third kappa shape index (κ3) is 4.25. The fraction of sp³-hybridized carbons (Fsp3) is 0.0769. The Balaban J connectivity index is 1.66. The Morgan fingerprint density at radius 1 is 0.882 bits per heavy atom. The van der Waals surface area contributed by atoms with Gasteiger partial charge in [-0.2, -0.15) is 5.10 Å². The van der Waals surface area contributed by atoms with E-state index in [2.05, 4.69) is 15.5 Å². The Morgan fingerprint density at radius 3 is 2.53 bits per heavy atom. The monoisotopic (exact) mass is 491 g/mol. The number of nitrogens with zero attached hydrogens (tertiary/aromatic N) is 2. The molecule has 1 N–H and O–H groups in total. The Labute approximate surface area is 205 Å². The summed E-state index contributed by atoms with van der Waals surface area (Å²) in [6, 6.07) is 22.5. The number of methoxy groups -OCH3 is 2. The zero-order chi connectivity index (χ0) is 23.7. The van der Waals surface area contributed by atoms with Crippen molar-refractivity contribution >= 4 is 50.9 Å². The molecule has 0 aliphatic rings. The minimum Gasteiger partial charge on any atom is -0.493 e. The molecule has 0 atom stereocenters. The third-order valence-electron chi connectivity index (χ3n) is 5.32. The molecular weight excluding hydrogens is 473 g/mol. The molecular formula is C26H19Cl2N3O3. The van der Waals surface area contributed by atoms with Gasteiger partial charge in [0.15, 0.2) is 17.1 Å². The number of rotatable bonds is 5. The number of fused-ring (bicyclic) bond motifs is 2. The standard InChI is InChI=1S/C26H19Cl2N3O3/c1-32-22-9-7-16(11-24(22)33-2)23-14-21(18-12-17(27)13-19(28)26(18)34-23)30-31-25-10-8-15-5-3-4-6-20(15)29-25/h3-14H,1-2H3,(H,29,31). The highest BCUT2D eigenvalue weighted by molar-refractivity contribution is 6.38. The predicted molar refractivity (Wildman–Crippen MR) is 136 cm³/mol. The van der Waals surface area contributed by atoms with E-state index in [4.69, 9.17) is 37.1 Å². The fourth-order valence-corrected chi connectivity index (χ4v) is 4.20. The van der Waals surface area contributed by atoms with Crippen LogP contribution in [0.4, 0.5) is 5.82 Å². The largest absolute Gasteiger partial charge is 0.493 e. The van der Waals surface area contributed by atoms with Crippen LogP contribution in [0.1, 0.15) is 0 Å². The average molecular weight is 492 g/mol. The third-order valence-corrected chi connectivity index (χ3v) is 5.82. The summed E-state index contributed by atoms with van der Waals surface area (Å²) in [5.41, 5.74) is 5.15. The molecule has 0 amide bonds. The molecule has 0 fully saturated rings. The highest BCUT2D eigenvalue weighted by atomic mass is 35.5. The van der Waals surface area contributed by atoms with Gasteiger partial charge in [0.05, 0.1) is 30.1 Å². The van der Waals surface area contributed by atoms with Gasteiger partial charge in [-0.1, -0.05) is 41.4 Å². The molecule has 3 aromatic carbocycles. The number of hydrogen-bond acceptors (Lipinski definition) is 6. The molecule has 0 spiro atoms. The number of ether oxygens (including phenoxy) is 2. The molecule has 0 radical (unpaired) electrons. The van der Waals surface area contributed by atoms with Crippen LogP contribution in [0.2, 0.25) is 10.0 Å². The van der Waals surface area contributed by atoms with E-state index in [1.165, 1.54) is 0 Å². The first kappa shape index (κ1) is 22.1. The molecule has 0 unspecified atom stereocenters. The van der Waals surface area contributed by atoms with Crippen LogP contribution in [0.3, 0.4) is 0 Å². The van der Waals surface area contributed by atoms with Crippen molar-refractivity contribution in [2.45, 2.75) is 0 Å². The van der Waals surface area contributed by atoms with Gasteiger partial charge in [0, 0.05) is 27.4 Å². The van der Waals surface area contributed by atoms with E-state index in [-0.39, 0.29) is 0 Å².